The first-order chi connectivity index (χ1) is 18.7. The summed E-state index contributed by atoms with van der Waals surface area (Å²) >= 11 is 12.7. The number of rotatable bonds is 8. The zero-order valence-corrected chi connectivity index (χ0v) is 24.0. The molecule has 3 aromatic rings. The first-order valence-electron chi connectivity index (χ1n) is 13.6. The smallest absolute Gasteiger partial charge is 0.233 e. The molecule has 1 aliphatic carbocycles. The number of carbonyl (C=O) groups is 2. The molecular formula is C32H35Cl2N3O2. The number of halogens is 2. The van der Waals surface area contributed by atoms with E-state index in [1.54, 1.807) is 13.0 Å². The van der Waals surface area contributed by atoms with Crippen LogP contribution >= 0.6 is 23.2 Å². The molecule has 1 aliphatic heterocycles. The zero-order valence-electron chi connectivity index (χ0n) is 22.5. The number of amides is 2. The van der Waals surface area contributed by atoms with E-state index in [0.717, 1.165) is 55.6 Å². The Morgan fingerprint density at radius 3 is 2.18 bits per heavy atom. The van der Waals surface area contributed by atoms with Gasteiger partial charge in [-0.25, -0.2) is 0 Å². The summed E-state index contributed by atoms with van der Waals surface area (Å²) in [6.45, 7) is 4.64. The van der Waals surface area contributed by atoms with Gasteiger partial charge in [-0.2, -0.15) is 0 Å². The van der Waals surface area contributed by atoms with Crippen molar-refractivity contribution in [1.29, 1.82) is 0 Å². The molecule has 2 aliphatic rings. The fraction of sp³-hybridized carbons (Fsp3) is 0.375. The van der Waals surface area contributed by atoms with Gasteiger partial charge in [0.1, 0.15) is 0 Å². The van der Waals surface area contributed by atoms with Crippen LogP contribution in [0.15, 0.2) is 78.9 Å². The number of likely N-dealkylation sites (tertiary alicyclic amines) is 1. The summed E-state index contributed by atoms with van der Waals surface area (Å²) < 4.78 is 0. The van der Waals surface area contributed by atoms with Gasteiger partial charge in [0.2, 0.25) is 11.8 Å². The van der Waals surface area contributed by atoms with Crippen molar-refractivity contribution in [2.24, 2.45) is 5.92 Å². The van der Waals surface area contributed by atoms with E-state index in [9.17, 15) is 9.59 Å². The van der Waals surface area contributed by atoms with Gasteiger partial charge in [-0.15, -0.1) is 0 Å². The molecule has 0 spiro atoms. The Balaban J connectivity index is 1.34. The van der Waals surface area contributed by atoms with E-state index < -0.39 is 5.41 Å². The van der Waals surface area contributed by atoms with Crippen LogP contribution < -0.4 is 5.32 Å². The third-order valence-electron chi connectivity index (χ3n) is 8.46. The van der Waals surface area contributed by atoms with E-state index >= 15 is 0 Å². The topological polar surface area (TPSA) is 52.7 Å². The number of nitrogens with one attached hydrogen (secondary N) is 1. The summed E-state index contributed by atoms with van der Waals surface area (Å²) in [6.07, 6.45) is 2.42. The number of benzene rings is 3. The molecule has 2 fully saturated rings. The summed E-state index contributed by atoms with van der Waals surface area (Å²) in [7, 11) is 1.88. The maximum atomic E-state index is 14.1. The van der Waals surface area contributed by atoms with Crippen molar-refractivity contribution in [3.05, 3.63) is 106 Å². The molecule has 1 saturated heterocycles. The summed E-state index contributed by atoms with van der Waals surface area (Å²) in [6, 6.07) is 25.9. The first kappa shape index (κ1) is 27.7. The Morgan fingerprint density at radius 1 is 0.923 bits per heavy atom. The summed E-state index contributed by atoms with van der Waals surface area (Å²) in [5.41, 5.74) is 2.19. The van der Waals surface area contributed by atoms with Gasteiger partial charge in [0.25, 0.3) is 0 Å². The van der Waals surface area contributed by atoms with Gasteiger partial charge in [-0.3, -0.25) is 9.59 Å². The highest BCUT2D eigenvalue weighted by molar-refractivity contribution is 6.42. The normalized spacial score (nSPS) is 22.2. The van der Waals surface area contributed by atoms with Gasteiger partial charge >= 0.3 is 0 Å². The Bertz CT molecular complexity index is 1330. The SMILES string of the molecule is CC(=O)NC1(c2ccccc2)CCN(C[C@H]2C[C@@]2(C(=O)N(C)Cc2ccccc2)c2ccc(Cl)c(Cl)c2)CC1. The minimum atomic E-state index is -0.622. The molecular weight excluding hydrogens is 529 g/mol. The van der Waals surface area contributed by atoms with Gasteiger partial charge in [-0.05, 0) is 54.0 Å². The minimum Gasteiger partial charge on any atom is -0.347 e. The number of piperidine rings is 1. The van der Waals surface area contributed by atoms with Crippen LogP contribution in [-0.4, -0.2) is 48.3 Å². The van der Waals surface area contributed by atoms with E-state index in [4.69, 9.17) is 23.2 Å². The van der Waals surface area contributed by atoms with Gasteiger partial charge in [0, 0.05) is 40.2 Å². The van der Waals surface area contributed by atoms with Crippen molar-refractivity contribution in [2.45, 2.75) is 43.7 Å². The molecule has 5 rings (SSSR count). The number of hydrogen-bond donors (Lipinski definition) is 1. The number of likely N-dealkylation sites (N-methyl/N-ethyl adjacent to an activating group) is 1. The van der Waals surface area contributed by atoms with Crippen LogP contribution in [-0.2, 0) is 27.1 Å². The fourth-order valence-electron chi connectivity index (χ4n) is 6.34. The average molecular weight is 565 g/mol. The molecule has 39 heavy (non-hydrogen) atoms. The van der Waals surface area contributed by atoms with Crippen LogP contribution in [0.1, 0.15) is 42.9 Å². The monoisotopic (exact) mass is 563 g/mol. The van der Waals surface area contributed by atoms with Crippen LogP contribution in [0.25, 0.3) is 0 Å². The predicted molar refractivity (Wildman–Crippen MR) is 157 cm³/mol. The second kappa shape index (κ2) is 11.3. The van der Waals surface area contributed by atoms with E-state index in [2.05, 4.69) is 22.3 Å². The van der Waals surface area contributed by atoms with Crippen molar-refractivity contribution in [1.82, 2.24) is 15.1 Å². The molecule has 2 atom stereocenters. The second-order valence-electron chi connectivity index (χ2n) is 11.1. The molecule has 1 saturated carbocycles. The van der Waals surface area contributed by atoms with E-state index in [1.807, 2.05) is 72.6 Å². The standard InChI is InChI=1S/C32H35Cl2N3O2/c1-23(38)35-31(25-11-7-4-8-12-25)15-17-37(18-16-31)22-27-20-32(27,26-13-14-28(33)29(34)19-26)30(39)36(2)21-24-9-5-3-6-10-24/h3-14,19,27H,15-18,20-22H2,1-2H3,(H,35,38)/t27-,32-/m1/s1. The van der Waals surface area contributed by atoms with Gasteiger partial charge < -0.3 is 15.1 Å². The minimum absolute atomic E-state index is 0.0137. The van der Waals surface area contributed by atoms with Crippen molar-refractivity contribution in [3.8, 4) is 0 Å². The maximum absolute atomic E-state index is 14.1. The second-order valence-corrected chi connectivity index (χ2v) is 11.9. The Morgan fingerprint density at radius 2 is 1.56 bits per heavy atom. The van der Waals surface area contributed by atoms with E-state index in [0.29, 0.717) is 16.6 Å². The Kier molecular flexibility index (Phi) is 8.04. The van der Waals surface area contributed by atoms with E-state index in [-0.39, 0.29) is 23.3 Å². The third-order valence-corrected chi connectivity index (χ3v) is 9.20. The summed E-state index contributed by atoms with van der Waals surface area (Å²) in [4.78, 5) is 30.5. The third kappa shape index (κ3) is 5.72. The lowest BCUT2D eigenvalue weighted by Crippen LogP contribution is -2.53. The molecule has 0 radical (unpaired) electrons. The molecule has 0 aromatic heterocycles. The fourth-order valence-corrected chi connectivity index (χ4v) is 6.64. The van der Waals surface area contributed by atoms with Crippen molar-refractivity contribution in [2.75, 3.05) is 26.7 Å². The number of nitrogens with zero attached hydrogens (tertiary/aromatic N) is 2. The van der Waals surface area contributed by atoms with Crippen LogP contribution in [0.2, 0.25) is 10.0 Å². The van der Waals surface area contributed by atoms with Crippen LogP contribution in [0, 0.1) is 5.92 Å². The quantitative estimate of drug-likeness (QED) is 0.363. The molecule has 2 amide bonds. The van der Waals surface area contributed by atoms with Crippen molar-refractivity contribution >= 4 is 35.0 Å². The highest BCUT2D eigenvalue weighted by atomic mass is 35.5. The highest BCUT2D eigenvalue weighted by Crippen LogP contribution is 2.56. The molecule has 7 heteroatoms. The number of carbonyl (C=O) groups excluding carboxylic acids is 2. The molecule has 5 nitrogen and oxygen atoms in total. The molecule has 1 N–H and O–H groups in total. The number of hydrogen-bond acceptors (Lipinski definition) is 3. The predicted octanol–water partition coefficient (Wildman–Crippen LogP) is 6.04. The van der Waals surface area contributed by atoms with Crippen molar-refractivity contribution < 1.29 is 9.59 Å². The zero-order chi connectivity index (χ0) is 27.6. The molecule has 204 valence electrons. The molecule has 0 unspecified atom stereocenters. The van der Waals surface area contributed by atoms with E-state index in [1.165, 1.54) is 0 Å². The lowest BCUT2D eigenvalue weighted by molar-refractivity contribution is -0.133. The first-order valence-corrected chi connectivity index (χ1v) is 14.3. The lowest BCUT2D eigenvalue weighted by atomic mass is 9.80. The van der Waals surface area contributed by atoms with Crippen LogP contribution in [0.5, 0.6) is 0 Å². The van der Waals surface area contributed by atoms with Gasteiger partial charge in [0.15, 0.2) is 0 Å². The molecule has 1 heterocycles. The van der Waals surface area contributed by atoms with Gasteiger partial charge in [-0.1, -0.05) is 89.9 Å². The summed E-state index contributed by atoms with van der Waals surface area (Å²) in [5, 5.41) is 4.22. The van der Waals surface area contributed by atoms with Crippen LogP contribution in [0.4, 0.5) is 0 Å². The van der Waals surface area contributed by atoms with Gasteiger partial charge in [0.05, 0.1) is 21.0 Å². The Hall–Kier alpha value is -2.86. The molecule has 0 bridgehead atoms. The van der Waals surface area contributed by atoms with Crippen LogP contribution in [0.3, 0.4) is 0 Å². The largest absolute Gasteiger partial charge is 0.347 e. The Labute approximate surface area is 241 Å². The maximum Gasteiger partial charge on any atom is 0.233 e. The van der Waals surface area contributed by atoms with Crippen molar-refractivity contribution in [3.63, 3.8) is 0 Å². The summed E-state index contributed by atoms with van der Waals surface area (Å²) in [5.74, 6) is 0.272. The lowest BCUT2D eigenvalue weighted by Gasteiger charge is -2.43. The highest BCUT2D eigenvalue weighted by Gasteiger charge is 2.62. The average Bonchev–Trinajstić information content (AvgIpc) is 3.66. The molecule has 3 aromatic carbocycles.